The van der Waals surface area contributed by atoms with Gasteiger partial charge in [0, 0.05) is 25.2 Å². The third kappa shape index (κ3) is 5.72. The average Bonchev–Trinajstić information content (AvgIpc) is 2.37. The van der Waals surface area contributed by atoms with Crippen LogP contribution in [0.2, 0.25) is 5.02 Å². The molecule has 1 unspecified atom stereocenters. The molecule has 0 fully saturated rings. The summed E-state index contributed by atoms with van der Waals surface area (Å²) in [6, 6.07) is 5.90. The van der Waals surface area contributed by atoms with Crippen LogP contribution in [0.3, 0.4) is 0 Å². The largest absolute Gasteiger partial charge is 0.480 e. The van der Waals surface area contributed by atoms with Crippen LogP contribution in [-0.4, -0.2) is 36.7 Å². The van der Waals surface area contributed by atoms with Crippen LogP contribution < -0.4 is 5.32 Å². The van der Waals surface area contributed by atoms with Gasteiger partial charge in [0.25, 0.3) is 0 Å². The summed E-state index contributed by atoms with van der Waals surface area (Å²) in [5, 5.41) is 12.0. The zero-order valence-electron chi connectivity index (χ0n) is 10.6. The van der Waals surface area contributed by atoms with Crippen LogP contribution in [0.5, 0.6) is 0 Å². The molecule has 104 valence electrons. The van der Waals surface area contributed by atoms with Gasteiger partial charge in [-0.1, -0.05) is 23.7 Å². The van der Waals surface area contributed by atoms with Gasteiger partial charge in [0.2, 0.25) is 5.91 Å². The molecule has 2 N–H and O–H groups in total. The minimum absolute atomic E-state index is 0.119. The summed E-state index contributed by atoms with van der Waals surface area (Å²) in [7, 11) is 1.48. The highest BCUT2D eigenvalue weighted by Crippen LogP contribution is 2.10. The van der Waals surface area contributed by atoms with E-state index in [0.717, 1.165) is 5.56 Å². The number of nitrogens with one attached hydrogen (secondary N) is 1. The van der Waals surface area contributed by atoms with Crippen molar-refractivity contribution >= 4 is 23.5 Å². The summed E-state index contributed by atoms with van der Waals surface area (Å²) in [6.45, 7) is 0.276. The SMILES string of the molecule is COCCC(NC(=O)Cc1ccc(Cl)cc1)C(=O)O. The zero-order valence-corrected chi connectivity index (χ0v) is 11.3. The molecule has 0 aromatic heterocycles. The van der Waals surface area contributed by atoms with Crippen LogP contribution in [0, 0.1) is 0 Å². The molecule has 0 saturated carbocycles. The van der Waals surface area contributed by atoms with Crippen LogP contribution in [0.25, 0.3) is 0 Å². The zero-order chi connectivity index (χ0) is 14.3. The van der Waals surface area contributed by atoms with Gasteiger partial charge in [-0.3, -0.25) is 4.79 Å². The summed E-state index contributed by atoms with van der Waals surface area (Å²) in [4.78, 5) is 22.7. The number of amides is 1. The van der Waals surface area contributed by atoms with Gasteiger partial charge in [-0.05, 0) is 17.7 Å². The van der Waals surface area contributed by atoms with E-state index in [4.69, 9.17) is 21.4 Å². The normalized spacial score (nSPS) is 11.9. The summed E-state index contributed by atoms with van der Waals surface area (Å²) < 4.78 is 4.81. The van der Waals surface area contributed by atoms with Crippen molar-refractivity contribution < 1.29 is 19.4 Å². The molecule has 1 amide bonds. The molecular weight excluding hydrogens is 270 g/mol. The quantitative estimate of drug-likeness (QED) is 0.796. The third-order valence-electron chi connectivity index (χ3n) is 2.52. The van der Waals surface area contributed by atoms with Gasteiger partial charge in [-0.2, -0.15) is 0 Å². The molecule has 0 spiro atoms. The molecule has 0 saturated heterocycles. The first-order valence-corrected chi connectivity index (χ1v) is 6.16. The number of carboxylic acids is 1. The molecule has 5 nitrogen and oxygen atoms in total. The van der Waals surface area contributed by atoms with Crippen LogP contribution in [0.1, 0.15) is 12.0 Å². The van der Waals surface area contributed by atoms with E-state index in [2.05, 4.69) is 5.32 Å². The lowest BCUT2D eigenvalue weighted by Gasteiger charge is -2.14. The first-order chi connectivity index (χ1) is 9.02. The highest BCUT2D eigenvalue weighted by molar-refractivity contribution is 6.30. The van der Waals surface area contributed by atoms with Crippen LogP contribution in [0.15, 0.2) is 24.3 Å². The van der Waals surface area contributed by atoms with Crippen LogP contribution >= 0.6 is 11.6 Å². The van der Waals surface area contributed by atoms with Gasteiger partial charge >= 0.3 is 5.97 Å². The number of aliphatic carboxylic acids is 1. The van der Waals surface area contributed by atoms with Crippen molar-refractivity contribution in [3.63, 3.8) is 0 Å². The van der Waals surface area contributed by atoms with Crippen LogP contribution in [-0.2, 0) is 20.7 Å². The van der Waals surface area contributed by atoms with Crippen molar-refractivity contribution in [2.24, 2.45) is 0 Å². The Bertz CT molecular complexity index is 433. The van der Waals surface area contributed by atoms with Gasteiger partial charge in [0.1, 0.15) is 6.04 Å². The molecule has 19 heavy (non-hydrogen) atoms. The molecule has 1 aromatic rings. The molecule has 0 radical (unpaired) electrons. The topological polar surface area (TPSA) is 75.6 Å². The standard InChI is InChI=1S/C13H16ClNO4/c1-19-7-6-11(13(17)18)15-12(16)8-9-2-4-10(14)5-3-9/h2-5,11H,6-8H2,1H3,(H,15,16)(H,17,18). The first-order valence-electron chi connectivity index (χ1n) is 5.78. The molecule has 0 heterocycles. The van der Waals surface area contributed by atoms with E-state index in [1.54, 1.807) is 24.3 Å². The van der Waals surface area contributed by atoms with E-state index in [1.165, 1.54) is 7.11 Å². The number of hydrogen-bond acceptors (Lipinski definition) is 3. The predicted octanol–water partition coefficient (Wildman–Crippen LogP) is 1.49. The second-order valence-corrected chi connectivity index (χ2v) is 4.48. The number of ether oxygens (including phenoxy) is 1. The smallest absolute Gasteiger partial charge is 0.326 e. The van der Waals surface area contributed by atoms with Crippen molar-refractivity contribution in [2.75, 3.05) is 13.7 Å². The van der Waals surface area contributed by atoms with E-state index < -0.39 is 12.0 Å². The van der Waals surface area contributed by atoms with E-state index in [9.17, 15) is 9.59 Å². The Kier molecular flexibility index (Phi) is 6.32. The number of carboxylic acid groups (broad SMARTS) is 1. The molecule has 1 atom stereocenters. The maximum atomic E-state index is 11.7. The highest BCUT2D eigenvalue weighted by atomic mass is 35.5. The maximum absolute atomic E-state index is 11.7. The monoisotopic (exact) mass is 285 g/mol. The Hall–Kier alpha value is -1.59. The number of halogens is 1. The number of carbonyl (C=O) groups excluding carboxylic acids is 1. The Morgan fingerprint density at radius 3 is 2.53 bits per heavy atom. The van der Waals surface area contributed by atoms with Gasteiger partial charge in [-0.25, -0.2) is 4.79 Å². The Morgan fingerprint density at radius 1 is 1.37 bits per heavy atom. The fraction of sp³-hybridized carbons (Fsp3) is 0.385. The summed E-state index contributed by atoms with van der Waals surface area (Å²) >= 11 is 5.74. The fourth-order valence-electron chi connectivity index (χ4n) is 1.53. The Labute approximate surface area is 116 Å². The lowest BCUT2D eigenvalue weighted by atomic mass is 10.1. The molecule has 0 aliphatic rings. The number of methoxy groups -OCH3 is 1. The molecule has 6 heteroatoms. The number of rotatable bonds is 7. The minimum Gasteiger partial charge on any atom is -0.480 e. The minimum atomic E-state index is -1.07. The first kappa shape index (κ1) is 15.5. The predicted molar refractivity (Wildman–Crippen MR) is 71.2 cm³/mol. The second-order valence-electron chi connectivity index (χ2n) is 4.04. The maximum Gasteiger partial charge on any atom is 0.326 e. The number of carbonyl (C=O) groups is 2. The second kappa shape index (κ2) is 7.76. The van der Waals surface area contributed by atoms with Crippen LogP contribution in [0.4, 0.5) is 0 Å². The van der Waals surface area contributed by atoms with Crippen molar-refractivity contribution in [3.05, 3.63) is 34.9 Å². The Balaban J connectivity index is 2.52. The lowest BCUT2D eigenvalue weighted by molar-refractivity contribution is -0.142. The molecular formula is C13H16ClNO4. The van der Waals surface area contributed by atoms with Gasteiger partial charge in [-0.15, -0.1) is 0 Å². The van der Waals surface area contributed by atoms with E-state index >= 15 is 0 Å². The molecule has 0 aliphatic carbocycles. The van der Waals surface area contributed by atoms with E-state index in [0.29, 0.717) is 5.02 Å². The molecule has 1 rings (SSSR count). The number of hydrogen-bond donors (Lipinski definition) is 2. The summed E-state index contributed by atoms with van der Waals surface area (Å²) in [5.41, 5.74) is 0.776. The van der Waals surface area contributed by atoms with E-state index in [1.807, 2.05) is 0 Å². The molecule has 1 aromatic carbocycles. The summed E-state index contributed by atoms with van der Waals surface area (Å²) in [5.74, 6) is -1.41. The van der Waals surface area contributed by atoms with Gasteiger partial charge in [0.05, 0.1) is 6.42 Å². The Morgan fingerprint density at radius 2 is 2.00 bits per heavy atom. The van der Waals surface area contributed by atoms with Crippen molar-refractivity contribution in [1.82, 2.24) is 5.32 Å². The third-order valence-corrected chi connectivity index (χ3v) is 2.77. The van der Waals surface area contributed by atoms with Crippen molar-refractivity contribution in [2.45, 2.75) is 18.9 Å². The lowest BCUT2D eigenvalue weighted by Crippen LogP contribution is -2.42. The van der Waals surface area contributed by atoms with Crippen molar-refractivity contribution in [3.8, 4) is 0 Å². The van der Waals surface area contributed by atoms with E-state index in [-0.39, 0.29) is 25.4 Å². The van der Waals surface area contributed by atoms with Gasteiger partial charge in [0.15, 0.2) is 0 Å². The average molecular weight is 286 g/mol. The summed E-state index contributed by atoms with van der Waals surface area (Å²) in [6.07, 6.45) is 0.353. The molecule has 0 aliphatic heterocycles. The van der Waals surface area contributed by atoms with Crippen molar-refractivity contribution in [1.29, 1.82) is 0 Å². The van der Waals surface area contributed by atoms with Gasteiger partial charge < -0.3 is 15.2 Å². The number of benzene rings is 1. The highest BCUT2D eigenvalue weighted by Gasteiger charge is 2.19. The molecule has 0 bridgehead atoms. The fourth-order valence-corrected chi connectivity index (χ4v) is 1.65.